The number of methoxy groups -OCH3 is 1. The molecule has 2 saturated carbocycles. The van der Waals surface area contributed by atoms with Crippen molar-refractivity contribution in [2.24, 2.45) is 17.3 Å². The molecule has 2 aromatic carbocycles. The minimum Gasteiger partial charge on any atom is -0.497 e. The molecule has 0 bridgehead atoms. The summed E-state index contributed by atoms with van der Waals surface area (Å²) in [5, 5.41) is 19.8. The third kappa shape index (κ3) is 3.52. The molecule has 6 heteroatoms. The van der Waals surface area contributed by atoms with Crippen molar-refractivity contribution in [1.29, 1.82) is 0 Å². The van der Waals surface area contributed by atoms with Gasteiger partial charge in [0.05, 0.1) is 12.7 Å². The molecule has 6 rings (SSSR count). The third-order valence-corrected chi connectivity index (χ3v) is 10.0. The zero-order valence-electron chi connectivity index (χ0n) is 20.9. The maximum atomic E-state index is 12.3. The number of H-pyrrole nitrogens is 1. The maximum absolute atomic E-state index is 12.3. The second-order valence-corrected chi connectivity index (χ2v) is 11.7. The van der Waals surface area contributed by atoms with Gasteiger partial charge in [0.15, 0.2) is 4.77 Å². The van der Waals surface area contributed by atoms with Crippen molar-refractivity contribution in [2.75, 3.05) is 7.11 Å². The third-order valence-electron chi connectivity index (χ3n) is 9.74. The normalized spacial score (nSPS) is 31.5. The van der Waals surface area contributed by atoms with Gasteiger partial charge in [0.25, 0.3) is 0 Å². The van der Waals surface area contributed by atoms with E-state index < -0.39 is 5.60 Å². The van der Waals surface area contributed by atoms with Crippen LogP contribution in [-0.2, 0) is 12.8 Å². The topological polar surface area (TPSA) is 63.1 Å². The fourth-order valence-corrected chi connectivity index (χ4v) is 8.01. The number of hydrogen-bond acceptors (Lipinski definition) is 4. The Bertz CT molecular complexity index is 1310. The molecule has 3 aliphatic rings. The van der Waals surface area contributed by atoms with Crippen molar-refractivity contribution >= 4 is 12.2 Å². The largest absolute Gasteiger partial charge is 0.497 e. The van der Waals surface area contributed by atoms with E-state index in [4.69, 9.17) is 17.0 Å². The van der Waals surface area contributed by atoms with Crippen LogP contribution in [0.5, 0.6) is 5.75 Å². The van der Waals surface area contributed by atoms with Crippen LogP contribution in [0, 0.1) is 28.9 Å². The van der Waals surface area contributed by atoms with E-state index in [9.17, 15) is 5.11 Å². The predicted molar refractivity (Wildman–Crippen MR) is 140 cm³/mol. The van der Waals surface area contributed by atoms with E-state index >= 15 is 0 Å². The van der Waals surface area contributed by atoms with E-state index in [1.54, 1.807) is 7.11 Å². The van der Waals surface area contributed by atoms with Crippen LogP contribution in [0.15, 0.2) is 42.5 Å². The molecule has 2 fully saturated rings. The van der Waals surface area contributed by atoms with Crippen molar-refractivity contribution < 1.29 is 9.84 Å². The molecule has 35 heavy (non-hydrogen) atoms. The van der Waals surface area contributed by atoms with Gasteiger partial charge >= 0.3 is 0 Å². The molecule has 5 atom stereocenters. The number of fused-ring (bicyclic) bond motifs is 5. The average molecular weight is 490 g/mol. The number of nitrogens with zero attached hydrogens (tertiary/aromatic N) is 2. The zero-order chi connectivity index (χ0) is 24.4. The minimum absolute atomic E-state index is 0.121. The molecule has 0 unspecified atom stereocenters. The molecular weight excluding hydrogens is 454 g/mol. The Balaban J connectivity index is 1.30. The molecule has 3 aliphatic carbocycles. The average Bonchev–Trinajstić information content (AvgIpc) is 3.35. The van der Waals surface area contributed by atoms with Gasteiger partial charge in [-0.15, -0.1) is 0 Å². The monoisotopic (exact) mass is 489 g/mol. The first kappa shape index (κ1) is 23.0. The van der Waals surface area contributed by atoms with E-state index in [2.05, 4.69) is 66.5 Å². The van der Waals surface area contributed by atoms with Gasteiger partial charge < -0.3 is 9.84 Å². The van der Waals surface area contributed by atoms with Gasteiger partial charge in [0, 0.05) is 12.1 Å². The van der Waals surface area contributed by atoms with Crippen molar-refractivity contribution in [1.82, 2.24) is 14.8 Å². The second-order valence-electron chi connectivity index (χ2n) is 11.3. The maximum Gasteiger partial charge on any atom is 0.199 e. The Morgan fingerprint density at radius 1 is 1.14 bits per heavy atom. The fraction of sp³-hybridized carbons (Fsp3) is 0.517. The van der Waals surface area contributed by atoms with Gasteiger partial charge in [-0.3, -0.25) is 9.67 Å². The second kappa shape index (κ2) is 8.31. The molecule has 5 nitrogen and oxygen atoms in total. The highest BCUT2D eigenvalue weighted by Gasteiger charge is 2.61. The van der Waals surface area contributed by atoms with Crippen molar-refractivity contribution in [3.8, 4) is 11.4 Å². The van der Waals surface area contributed by atoms with Crippen molar-refractivity contribution in [3.05, 3.63) is 69.8 Å². The van der Waals surface area contributed by atoms with Crippen LogP contribution >= 0.6 is 12.2 Å². The van der Waals surface area contributed by atoms with E-state index in [1.807, 2.05) is 4.57 Å². The first-order valence-corrected chi connectivity index (χ1v) is 13.4. The molecule has 0 radical (unpaired) electrons. The number of rotatable bonds is 4. The fourth-order valence-electron chi connectivity index (χ4n) is 7.76. The Kier molecular flexibility index (Phi) is 5.46. The number of aliphatic hydroxyl groups is 1. The highest BCUT2D eigenvalue weighted by atomic mass is 32.1. The van der Waals surface area contributed by atoms with Crippen molar-refractivity contribution in [3.63, 3.8) is 0 Å². The van der Waals surface area contributed by atoms with E-state index in [-0.39, 0.29) is 5.41 Å². The quantitative estimate of drug-likeness (QED) is 0.436. The van der Waals surface area contributed by atoms with Crippen LogP contribution < -0.4 is 4.74 Å². The molecule has 0 amide bonds. The van der Waals surface area contributed by atoms with Gasteiger partial charge in [0.1, 0.15) is 11.6 Å². The van der Waals surface area contributed by atoms with Crippen LogP contribution in [0.4, 0.5) is 0 Å². The summed E-state index contributed by atoms with van der Waals surface area (Å²) in [6.07, 6.45) is 6.89. The summed E-state index contributed by atoms with van der Waals surface area (Å²) in [4.78, 5) is 0. The molecule has 1 heterocycles. The molecule has 1 aromatic heterocycles. The highest BCUT2D eigenvalue weighted by molar-refractivity contribution is 7.71. The lowest BCUT2D eigenvalue weighted by Gasteiger charge is -2.53. The number of ether oxygens (including phenoxy) is 1. The van der Waals surface area contributed by atoms with Gasteiger partial charge in [-0.05, 0) is 116 Å². The summed E-state index contributed by atoms with van der Waals surface area (Å²) in [6.45, 7) is 4.43. The van der Waals surface area contributed by atoms with Gasteiger partial charge in [0.2, 0.25) is 0 Å². The summed E-state index contributed by atoms with van der Waals surface area (Å²) in [5.41, 5.74) is 4.27. The standard InChI is InChI=1S/C29H35N3O2S/c1-18-4-7-20(8-5-18)32-26(30-31-27(32)35)17-29(33)15-13-25-24-10-6-19-16-21(34-3)9-11-22(19)23(24)12-14-28(25,29)2/h4-5,7-9,11,16,23-25,33H,6,10,12-15,17H2,1-3H3,(H,31,35)/t23-,24-,25+,28+,29-/m1/s1. The van der Waals surface area contributed by atoms with Gasteiger partial charge in [-0.1, -0.05) is 30.7 Å². The lowest BCUT2D eigenvalue weighted by Crippen LogP contribution is -2.52. The summed E-state index contributed by atoms with van der Waals surface area (Å²) < 4.78 is 8.06. The number of aryl methyl sites for hydroxylation is 2. The van der Waals surface area contributed by atoms with Crippen LogP contribution in [-0.4, -0.2) is 32.6 Å². The van der Waals surface area contributed by atoms with Crippen LogP contribution in [0.2, 0.25) is 0 Å². The molecule has 0 saturated heterocycles. The predicted octanol–water partition coefficient (Wildman–Crippen LogP) is 6.08. The number of nitrogens with one attached hydrogen (secondary N) is 1. The van der Waals surface area contributed by atoms with E-state index in [0.29, 0.717) is 28.9 Å². The Labute approximate surface area is 212 Å². The molecule has 184 valence electrons. The van der Waals surface area contributed by atoms with Gasteiger partial charge in [-0.25, -0.2) is 0 Å². The molecular formula is C29H35N3O2S. The van der Waals surface area contributed by atoms with E-state index in [0.717, 1.165) is 49.4 Å². The number of benzene rings is 2. The number of hydrogen-bond donors (Lipinski definition) is 2. The zero-order valence-corrected chi connectivity index (χ0v) is 21.7. The molecule has 0 aliphatic heterocycles. The number of aromatic nitrogens is 3. The molecule has 2 N–H and O–H groups in total. The van der Waals surface area contributed by atoms with E-state index in [1.165, 1.54) is 23.1 Å². The summed E-state index contributed by atoms with van der Waals surface area (Å²) >= 11 is 5.59. The Morgan fingerprint density at radius 3 is 2.71 bits per heavy atom. The Morgan fingerprint density at radius 2 is 1.94 bits per heavy atom. The van der Waals surface area contributed by atoms with Crippen molar-refractivity contribution in [2.45, 2.75) is 70.3 Å². The summed E-state index contributed by atoms with van der Waals surface area (Å²) in [7, 11) is 1.75. The lowest BCUT2D eigenvalue weighted by molar-refractivity contribution is -0.103. The lowest BCUT2D eigenvalue weighted by atomic mass is 9.53. The molecule has 3 aromatic rings. The van der Waals surface area contributed by atoms with Gasteiger partial charge in [-0.2, -0.15) is 5.10 Å². The summed E-state index contributed by atoms with van der Waals surface area (Å²) in [5.74, 6) is 3.52. The number of aromatic amines is 1. The Hall–Kier alpha value is -2.44. The van der Waals surface area contributed by atoms with Crippen LogP contribution in [0.3, 0.4) is 0 Å². The SMILES string of the molecule is COc1ccc2c(c1)CC[C@@H]1[C@@H]2CC[C@@]2(C)[C@H]1CC[C@@]2(O)Cc1n[nH]c(=S)n1-c1ccc(C)cc1. The first-order valence-electron chi connectivity index (χ1n) is 13.0. The first-order chi connectivity index (χ1) is 16.8. The molecule has 0 spiro atoms. The minimum atomic E-state index is -0.785. The smallest absolute Gasteiger partial charge is 0.199 e. The van der Waals surface area contributed by atoms with Crippen LogP contribution in [0.1, 0.15) is 67.5 Å². The summed E-state index contributed by atoms with van der Waals surface area (Å²) in [6, 6.07) is 15.0. The van der Waals surface area contributed by atoms with Crippen LogP contribution in [0.25, 0.3) is 5.69 Å². The highest BCUT2D eigenvalue weighted by Crippen LogP contribution is 2.64.